The molecule has 2 aromatic carbocycles. The number of hydrogen-bond donors (Lipinski definition) is 0. The molecule has 0 aliphatic carbocycles. The summed E-state index contributed by atoms with van der Waals surface area (Å²) < 4.78 is 22.0. The molecule has 7 heteroatoms. The molecule has 160 valence electrons. The van der Waals surface area contributed by atoms with E-state index in [4.69, 9.17) is 18.6 Å². The van der Waals surface area contributed by atoms with E-state index in [9.17, 15) is 9.59 Å². The van der Waals surface area contributed by atoms with Gasteiger partial charge in [-0.05, 0) is 15.4 Å². The summed E-state index contributed by atoms with van der Waals surface area (Å²) in [5.41, 5.74) is -1.49. The average Bonchev–Trinajstić information content (AvgIpc) is 3.49. The van der Waals surface area contributed by atoms with Gasteiger partial charge < -0.3 is 18.6 Å². The molecule has 1 aliphatic rings. The summed E-state index contributed by atoms with van der Waals surface area (Å²) in [5, 5.41) is 1.86. The molecule has 0 unspecified atom stereocenters. The first-order valence-electron chi connectivity index (χ1n) is 9.82. The predicted octanol–water partition coefficient (Wildman–Crippen LogP) is 2.05. The zero-order valence-corrected chi connectivity index (χ0v) is 19.0. The maximum atomic E-state index is 12.5. The molecular weight excluding hydrogens is 400 g/mol. The van der Waals surface area contributed by atoms with Crippen LogP contribution in [0.25, 0.3) is 0 Å². The molecule has 0 aromatic heterocycles. The van der Waals surface area contributed by atoms with Gasteiger partial charge in [0.25, 0.3) is 8.32 Å². The molecule has 1 saturated heterocycles. The monoisotopic (exact) mass is 428 g/mol. The molecule has 30 heavy (non-hydrogen) atoms. The van der Waals surface area contributed by atoms with E-state index < -0.39 is 32.0 Å². The fourth-order valence-electron chi connectivity index (χ4n) is 4.00. The van der Waals surface area contributed by atoms with Crippen LogP contribution in [0.3, 0.4) is 0 Å². The van der Waals surface area contributed by atoms with Gasteiger partial charge >= 0.3 is 11.9 Å². The maximum Gasteiger partial charge on any atom is 0.344 e. The largest absolute Gasteiger partial charge is 0.467 e. The van der Waals surface area contributed by atoms with E-state index >= 15 is 0 Å². The number of epoxide rings is 1. The standard InChI is InChI=1S/C23H28O6Si/c1-22(2,3)30(17-12-8-6-9-13-17,18-14-10-7-11-15-18)28-16-23(21(25)27-5)19(29-23)20(24)26-4/h6-15,19H,16H2,1-5H3/t19-,23-/m0/s1. The molecule has 0 N–H and O–H groups in total. The van der Waals surface area contributed by atoms with Crippen LogP contribution in [0.2, 0.25) is 5.04 Å². The van der Waals surface area contributed by atoms with Gasteiger partial charge in [0.1, 0.15) is 0 Å². The Labute approximate surface area is 178 Å². The molecule has 0 radical (unpaired) electrons. The lowest BCUT2D eigenvalue weighted by molar-refractivity contribution is -0.149. The third-order valence-electron chi connectivity index (χ3n) is 5.56. The van der Waals surface area contributed by atoms with Crippen LogP contribution in [0, 0.1) is 0 Å². The van der Waals surface area contributed by atoms with Crippen LogP contribution in [-0.4, -0.2) is 52.8 Å². The number of hydrogen-bond acceptors (Lipinski definition) is 6. The Balaban J connectivity index is 2.08. The lowest BCUT2D eigenvalue weighted by atomic mass is 10.1. The van der Waals surface area contributed by atoms with Gasteiger partial charge in [-0.25, -0.2) is 9.59 Å². The normalized spacial score (nSPS) is 21.0. The number of benzene rings is 2. The number of methoxy groups -OCH3 is 2. The maximum absolute atomic E-state index is 12.5. The second kappa shape index (κ2) is 8.33. The van der Waals surface area contributed by atoms with Crippen molar-refractivity contribution in [3.05, 3.63) is 60.7 Å². The summed E-state index contributed by atoms with van der Waals surface area (Å²) in [6, 6.07) is 20.1. The van der Waals surface area contributed by atoms with Crippen molar-refractivity contribution in [3.8, 4) is 0 Å². The number of carbonyl (C=O) groups excluding carboxylic acids is 2. The highest BCUT2D eigenvalue weighted by Gasteiger charge is 2.69. The van der Waals surface area contributed by atoms with E-state index in [0.717, 1.165) is 10.4 Å². The highest BCUT2D eigenvalue weighted by molar-refractivity contribution is 6.99. The van der Waals surface area contributed by atoms with Crippen LogP contribution in [0.15, 0.2) is 60.7 Å². The van der Waals surface area contributed by atoms with Crippen LogP contribution < -0.4 is 10.4 Å². The summed E-state index contributed by atoms with van der Waals surface area (Å²) in [4.78, 5) is 24.6. The Kier molecular flexibility index (Phi) is 6.17. The zero-order chi connectivity index (χ0) is 22.0. The SMILES string of the molecule is COC(=O)[C@@H]1O[C@]1(CO[Si](c1ccccc1)(c1ccccc1)C(C)(C)C)C(=O)OC. The molecule has 1 fully saturated rings. The highest BCUT2D eigenvalue weighted by Crippen LogP contribution is 2.43. The van der Waals surface area contributed by atoms with Crippen LogP contribution in [-0.2, 0) is 28.2 Å². The van der Waals surface area contributed by atoms with Crippen molar-refractivity contribution >= 4 is 30.6 Å². The summed E-state index contributed by atoms with van der Waals surface area (Å²) in [7, 11) is -0.366. The van der Waals surface area contributed by atoms with Crippen molar-refractivity contribution in [1.29, 1.82) is 0 Å². The topological polar surface area (TPSA) is 74.4 Å². The van der Waals surface area contributed by atoms with Gasteiger partial charge in [-0.1, -0.05) is 81.4 Å². The number of rotatable bonds is 7. The van der Waals surface area contributed by atoms with Gasteiger partial charge in [0.2, 0.25) is 5.60 Å². The molecule has 2 atom stereocenters. The van der Waals surface area contributed by atoms with Gasteiger partial charge in [-0.2, -0.15) is 0 Å². The van der Waals surface area contributed by atoms with E-state index in [1.807, 2.05) is 36.4 Å². The van der Waals surface area contributed by atoms with Crippen molar-refractivity contribution < 1.29 is 28.2 Å². The lowest BCUT2D eigenvalue weighted by Gasteiger charge is -2.43. The minimum absolute atomic E-state index is 0.104. The first-order valence-corrected chi connectivity index (χ1v) is 11.7. The molecule has 3 rings (SSSR count). The third kappa shape index (κ3) is 3.68. The van der Waals surface area contributed by atoms with E-state index in [0.29, 0.717) is 0 Å². The van der Waals surface area contributed by atoms with E-state index in [1.54, 1.807) is 0 Å². The molecule has 2 aromatic rings. The second-order valence-electron chi connectivity index (χ2n) is 8.35. The minimum Gasteiger partial charge on any atom is -0.467 e. The van der Waals surface area contributed by atoms with Crippen LogP contribution in [0.1, 0.15) is 20.8 Å². The number of ether oxygens (including phenoxy) is 3. The zero-order valence-electron chi connectivity index (χ0n) is 18.0. The van der Waals surface area contributed by atoms with Gasteiger partial charge in [0, 0.05) is 0 Å². The van der Waals surface area contributed by atoms with Gasteiger partial charge in [-0.15, -0.1) is 0 Å². The molecule has 1 aliphatic heterocycles. The molecule has 0 bridgehead atoms. The fourth-order valence-corrected chi connectivity index (χ4v) is 8.58. The minimum atomic E-state index is -2.89. The quantitative estimate of drug-likeness (QED) is 0.382. The van der Waals surface area contributed by atoms with Crippen molar-refractivity contribution in [1.82, 2.24) is 0 Å². The predicted molar refractivity (Wildman–Crippen MR) is 115 cm³/mol. The Bertz CT molecular complexity index is 853. The highest BCUT2D eigenvalue weighted by atomic mass is 28.4. The smallest absolute Gasteiger partial charge is 0.344 e. The fraction of sp³-hybridized carbons (Fsp3) is 0.391. The number of esters is 2. The Morgan fingerprint density at radius 2 is 1.43 bits per heavy atom. The van der Waals surface area contributed by atoms with Crippen LogP contribution in [0.5, 0.6) is 0 Å². The Hall–Kier alpha value is -2.48. The first kappa shape index (κ1) is 22.2. The molecule has 0 amide bonds. The Morgan fingerprint density at radius 1 is 0.933 bits per heavy atom. The lowest BCUT2D eigenvalue weighted by Crippen LogP contribution is -2.67. The average molecular weight is 429 g/mol. The molecule has 0 spiro atoms. The summed E-state index contributed by atoms with van der Waals surface area (Å²) in [6.07, 6.45) is -1.03. The van der Waals surface area contributed by atoms with Crippen LogP contribution >= 0.6 is 0 Å². The van der Waals surface area contributed by atoms with Gasteiger partial charge in [0.05, 0.1) is 20.8 Å². The Morgan fingerprint density at radius 3 is 1.83 bits per heavy atom. The van der Waals surface area contributed by atoms with E-state index in [2.05, 4.69) is 45.0 Å². The molecule has 0 saturated carbocycles. The van der Waals surface area contributed by atoms with Gasteiger partial charge in [-0.3, -0.25) is 0 Å². The second-order valence-corrected chi connectivity index (χ2v) is 12.7. The summed E-state index contributed by atoms with van der Waals surface area (Å²) in [6.45, 7) is 6.30. The van der Waals surface area contributed by atoms with Crippen molar-refractivity contribution in [2.75, 3.05) is 20.8 Å². The van der Waals surface area contributed by atoms with Crippen LogP contribution in [0.4, 0.5) is 0 Å². The molecule has 6 nitrogen and oxygen atoms in total. The van der Waals surface area contributed by atoms with E-state index in [1.165, 1.54) is 14.2 Å². The van der Waals surface area contributed by atoms with Crippen molar-refractivity contribution in [3.63, 3.8) is 0 Å². The van der Waals surface area contributed by atoms with Crippen molar-refractivity contribution in [2.24, 2.45) is 0 Å². The molecular formula is C23H28O6Si. The first-order chi connectivity index (χ1) is 14.2. The number of carbonyl (C=O) groups is 2. The third-order valence-corrected chi connectivity index (χ3v) is 10.5. The molecule has 1 heterocycles. The summed E-state index contributed by atoms with van der Waals surface area (Å²) >= 11 is 0. The van der Waals surface area contributed by atoms with Crippen molar-refractivity contribution in [2.45, 2.75) is 37.5 Å². The van der Waals surface area contributed by atoms with E-state index in [-0.39, 0.29) is 11.6 Å². The summed E-state index contributed by atoms with van der Waals surface area (Å²) in [5.74, 6) is -1.26. The van der Waals surface area contributed by atoms with Gasteiger partial charge in [0.15, 0.2) is 6.10 Å².